The molecule has 0 fully saturated rings. The molecular weight excluding hydrogens is 258 g/mol. The molecule has 2 nitrogen and oxygen atoms in total. The zero-order valence-electron chi connectivity index (χ0n) is 13.7. The molecule has 0 heterocycles. The average Bonchev–Trinajstić information content (AvgIpc) is 2.49. The smallest absolute Gasteiger partial charge is 0.119 e. The van der Waals surface area contributed by atoms with Crippen LogP contribution in [-0.4, -0.2) is 13.7 Å². The monoisotopic (exact) mass is 283 g/mol. The number of rotatable bonds is 5. The van der Waals surface area contributed by atoms with Crippen molar-refractivity contribution in [1.82, 2.24) is 5.32 Å². The summed E-state index contributed by atoms with van der Waals surface area (Å²) in [6.07, 6.45) is 0. The minimum absolute atomic E-state index is 0.199. The normalized spacial score (nSPS) is 12.2. The SMILES string of the molecule is CCNC(c1cccc(OC)c1)c1cc(C)c(C)cc1C. The van der Waals surface area contributed by atoms with Crippen LogP contribution in [0.5, 0.6) is 5.75 Å². The van der Waals surface area contributed by atoms with E-state index in [4.69, 9.17) is 4.74 Å². The van der Waals surface area contributed by atoms with Crippen molar-refractivity contribution < 1.29 is 4.74 Å². The van der Waals surface area contributed by atoms with Crippen LogP contribution in [0.1, 0.15) is 40.8 Å². The molecule has 1 unspecified atom stereocenters. The Kier molecular flexibility index (Phi) is 5.03. The lowest BCUT2D eigenvalue weighted by Gasteiger charge is -2.22. The second kappa shape index (κ2) is 6.77. The van der Waals surface area contributed by atoms with Crippen LogP contribution in [0.2, 0.25) is 0 Å². The van der Waals surface area contributed by atoms with Crippen LogP contribution in [0, 0.1) is 20.8 Å². The number of hydrogen-bond donors (Lipinski definition) is 1. The Labute approximate surface area is 128 Å². The number of nitrogens with one attached hydrogen (secondary N) is 1. The van der Waals surface area contributed by atoms with Gasteiger partial charge in [-0.1, -0.05) is 31.2 Å². The minimum Gasteiger partial charge on any atom is -0.497 e. The molecule has 0 aliphatic carbocycles. The third-order valence-corrected chi connectivity index (χ3v) is 4.03. The first-order valence-electron chi connectivity index (χ1n) is 7.52. The maximum absolute atomic E-state index is 5.36. The lowest BCUT2D eigenvalue weighted by molar-refractivity contribution is 0.413. The number of hydrogen-bond acceptors (Lipinski definition) is 2. The molecule has 0 spiro atoms. The highest BCUT2D eigenvalue weighted by Crippen LogP contribution is 2.29. The molecule has 1 atom stereocenters. The van der Waals surface area contributed by atoms with Crippen LogP contribution in [0.4, 0.5) is 0 Å². The summed E-state index contributed by atoms with van der Waals surface area (Å²) in [5.41, 5.74) is 6.58. The summed E-state index contributed by atoms with van der Waals surface area (Å²) in [4.78, 5) is 0. The van der Waals surface area contributed by atoms with Gasteiger partial charge < -0.3 is 10.1 Å². The molecule has 1 N–H and O–H groups in total. The third kappa shape index (κ3) is 3.45. The van der Waals surface area contributed by atoms with E-state index in [-0.39, 0.29) is 6.04 Å². The number of methoxy groups -OCH3 is 1. The molecule has 0 amide bonds. The second-order valence-corrected chi connectivity index (χ2v) is 5.56. The molecule has 21 heavy (non-hydrogen) atoms. The van der Waals surface area contributed by atoms with Gasteiger partial charge in [-0.15, -0.1) is 0 Å². The molecule has 112 valence electrons. The standard InChI is InChI=1S/C19H25NO/c1-6-20-19(16-8-7-9-17(12-16)21-5)18-11-14(3)13(2)10-15(18)4/h7-12,19-20H,6H2,1-5H3. The zero-order chi connectivity index (χ0) is 15.4. The van der Waals surface area contributed by atoms with E-state index in [0.29, 0.717) is 0 Å². The lowest BCUT2D eigenvalue weighted by atomic mass is 9.91. The van der Waals surface area contributed by atoms with E-state index in [1.165, 1.54) is 27.8 Å². The van der Waals surface area contributed by atoms with Crippen LogP contribution in [0.15, 0.2) is 36.4 Å². The van der Waals surface area contributed by atoms with E-state index in [0.717, 1.165) is 12.3 Å². The van der Waals surface area contributed by atoms with Gasteiger partial charge >= 0.3 is 0 Å². The van der Waals surface area contributed by atoms with Gasteiger partial charge in [0, 0.05) is 0 Å². The predicted octanol–water partition coefficient (Wildman–Crippen LogP) is 4.32. The molecular formula is C19H25NO. The van der Waals surface area contributed by atoms with Gasteiger partial charge in [0.15, 0.2) is 0 Å². The van der Waals surface area contributed by atoms with E-state index >= 15 is 0 Å². The topological polar surface area (TPSA) is 21.3 Å². The van der Waals surface area contributed by atoms with Crippen molar-refractivity contribution in [2.45, 2.75) is 33.7 Å². The van der Waals surface area contributed by atoms with Crippen LogP contribution >= 0.6 is 0 Å². The Bertz CT molecular complexity index is 619. The summed E-state index contributed by atoms with van der Waals surface area (Å²) in [6.45, 7) is 9.59. The van der Waals surface area contributed by atoms with Gasteiger partial charge in [0.2, 0.25) is 0 Å². The van der Waals surface area contributed by atoms with Crippen molar-refractivity contribution >= 4 is 0 Å². The van der Waals surface area contributed by atoms with E-state index in [9.17, 15) is 0 Å². The van der Waals surface area contributed by atoms with Crippen molar-refractivity contribution in [1.29, 1.82) is 0 Å². The fourth-order valence-corrected chi connectivity index (χ4v) is 2.73. The highest BCUT2D eigenvalue weighted by molar-refractivity contribution is 5.43. The highest BCUT2D eigenvalue weighted by Gasteiger charge is 2.16. The van der Waals surface area contributed by atoms with Gasteiger partial charge in [0.1, 0.15) is 5.75 Å². The van der Waals surface area contributed by atoms with Gasteiger partial charge in [-0.2, -0.15) is 0 Å². The molecule has 0 saturated carbocycles. The average molecular weight is 283 g/mol. The Morgan fingerprint density at radius 3 is 2.38 bits per heavy atom. The Hall–Kier alpha value is -1.80. The van der Waals surface area contributed by atoms with Gasteiger partial charge in [-0.3, -0.25) is 0 Å². The summed E-state index contributed by atoms with van der Waals surface area (Å²) in [7, 11) is 1.71. The molecule has 2 rings (SSSR count). The zero-order valence-corrected chi connectivity index (χ0v) is 13.7. The molecule has 2 aromatic rings. The van der Waals surface area contributed by atoms with Crippen molar-refractivity contribution in [3.63, 3.8) is 0 Å². The van der Waals surface area contributed by atoms with Crippen LogP contribution in [-0.2, 0) is 0 Å². The summed E-state index contributed by atoms with van der Waals surface area (Å²) >= 11 is 0. The third-order valence-electron chi connectivity index (χ3n) is 4.03. The van der Waals surface area contributed by atoms with Gasteiger partial charge in [-0.25, -0.2) is 0 Å². The summed E-state index contributed by atoms with van der Waals surface area (Å²) in [6, 6.07) is 13.1. The van der Waals surface area contributed by atoms with E-state index in [2.05, 4.69) is 63.3 Å². The van der Waals surface area contributed by atoms with E-state index in [1.807, 2.05) is 6.07 Å². The van der Waals surface area contributed by atoms with Gasteiger partial charge in [0.05, 0.1) is 13.2 Å². The fraction of sp³-hybridized carbons (Fsp3) is 0.368. The Balaban J connectivity index is 2.50. The molecule has 2 aromatic carbocycles. The number of aryl methyl sites for hydroxylation is 3. The van der Waals surface area contributed by atoms with Crippen LogP contribution < -0.4 is 10.1 Å². The van der Waals surface area contributed by atoms with Gasteiger partial charge in [-0.05, 0) is 67.3 Å². The first-order valence-corrected chi connectivity index (χ1v) is 7.52. The largest absolute Gasteiger partial charge is 0.497 e. The van der Waals surface area contributed by atoms with Crippen molar-refractivity contribution in [3.8, 4) is 5.75 Å². The molecule has 2 heteroatoms. The molecule has 0 bridgehead atoms. The van der Waals surface area contributed by atoms with Crippen LogP contribution in [0.25, 0.3) is 0 Å². The van der Waals surface area contributed by atoms with Crippen LogP contribution in [0.3, 0.4) is 0 Å². The number of ether oxygens (including phenoxy) is 1. The maximum atomic E-state index is 5.36. The quantitative estimate of drug-likeness (QED) is 0.882. The number of benzene rings is 2. The molecule has 0 saturated heterocycles. The first kappa shape index (κ1) is 15.6. The summed E-state index contributed by atoms with van der Waals surface area (Å²) in [5.74, 6) is 0.900. The molecule has 0 radical (unpaired) electrons. The fourth-order valence-electron chi connectivity index (χ4n) is 2.73. The Morgan fingerprint density at radius 2 is 1.71 bits per heavy atom. The second-order valence-electron chi connectivity index (χ2n) is 5.56. The highest BCUT2D eigenvalue weighted by atomic mass is 16.5. The van der Waals surface area contributed by atoms with Crippen molar-refractivity contribution in [2.75, 3.05) is 13.7 Å². The van der Waals surface area contributed by atoms with Gasteiger partial charge in [0.25, 0.3) is 0 Å². The molecule has 0 aromatic heterocycles. The summed E-state index contributed by atoms with van der Waals surface area (Å²) in [5, 5.41) is 3.60. The first-order chi connectivity index (χ1) is 10.1. The maximum Gasteiger partial charge on any atom is 0.119 e. The van der Waals surface area contributed by atoms with E-state index in [1.54, 1.807) is 7.11 Å². The Morgan fingerprint density at radius 1 is 1.00 bits per heavy atom. The van der Waals surface area contributed by atoms with E-state index < -0.39 is 0 Å². The minimum atomic E-state index is 0.199. The lowest BCUT2D eigenvalue weighted by Crippen LogP contribution is -2.23. The van der Waals surface area contributed by atoms with Crippen molar-refractivity contribution in [2.24, 2.45) is 0 Å². The molecule has 0 aliphatic heterocycles. The predicted molar refractivity (Wildman–Crippen MR) is 89.2 cm³/mol. The molecule has 0 aliphatic rings. The van der Waals surface area contributed by atoms with Crippen molar-refractivity contribution in [3.05, 3.63) is 64.2 Å². The summed E-state index contributed by atoms with van der Waals surface area (Å²) < 4.78 is 5.36.